The smallest absolute Gasteiger partial charge is 0.187 e. The van der Waals surface area contributed by atoms with Crippen LogP contribution in [0.3, 0.4) is 0 Å². The maximum Gasteiger partial charge on any atom is 0.187 e. The molecule has 0 radical (unpaired) electrons. The number of carbonyl (C=O) groups is 1. The number of halogens is 1. The van der Waals surface area contributed by atoms with E-state index in [0.29, 0.717) is 12.1 Å². The summed E-state index contributed by atoms with van der Waals surface area (Å²) >= 11 is 0. The van der Waals surface area contributed by atoms with Crippen molar-refractivity contribution in [1.29, 1.82) is 0 Å². The largest absolute Gasteiger partial charge is 0.289 e. The van der Waals surface area contributed by atoms with Gasteiger partial charge >= 0.3 is 0 Å². The van der Waals surface area contributed by atoms with Gasteiger partial charge in [-0.15, -0.1) is 0 Å². The monoisotopic (exact) mass is 461 g/mol. The minimum atomic E-state index is -0.259. The number of hydrogen-bond donors (Lipinski definition) is 1. The van der Waals surface area contributed by atoms with Gasteiger partial charge in [-0.05, 0) is 69.8 Å². The third kappa shape index (κ3) is 3.46. The summed E-state index contributed by atoms with van der Waals surface area (Å²) in [6, 6.07) is 10.9. The minimum Gasteiger partial charge on any atom is -0.289 e. The van der Waals surface area contributed by atoms with E-state index in [-0.39, 0.29) is 23.4 Å². The average Bonchev–Trinajstić information content (AvgIpc) is 3.15. The van der Waals surface area contributed by atoms with Crippen LogP contribution >= 0.6 is 0 Å². The van der Waals surface area contributed by atoms with Crippen LogP contribution in [0.15, 0.2) is 94.3 Å². The number of hydrazone groups is 1. The van der Waals surface area contributed by atoms with Crippen molar-refractivity contribution in [3.63, 3.8) is 0 Å². The number of carbonyl (C=O) groups excluding carboxylic acids is 1. The van der Waals surface area contributed by atoms with Crippen LogP contribution in [0.5, 0.6) is 0 Å². The first-order valence-electron chi connectivity index (χ1n) is 11.8. The zero-order valence-electron chi connectivity index (χ0n) is 19.5. The van der Waals surface area contributed by atoms with Gasteiger partial charge in [0.2, 0.25) is 0 Å². The zero-order valence-corrected chi connectivity index (χ0v) is 19.5. The Kier molecular flexibility index (Phi) is 5.06. The second-order valence-corrected chi connectivity index (χ2v) is 9.29. The van der Waals surface area contributed by atoms with Crippen LogP contribution < -0.4 is 15.9 Å². The number of aliphatic imine (C=N–C) groups is 1. The lowest BCUT2D eigenvalue weighted by molar-refractivity contribution is 0.104. The molecule has 0 saturated heterocycles. The van der Waals surface area contributed by atoms with Crippen molar-refractivity contribution in [3.05, 3.63) is 117 Å². The molecule has 0 aromatic heterocycles. The van der Waals surface area contributed by atoms with Crippen LogP contribution in [0.25, 0.3) is 11.1 Å². The molecule has 4 nitrogen and oxygen atoms in total. The molecule has 4 aliphatic rings. The Morgan fingerprint density at radius 1 is 1.06 bits per heavy atom. The SMILES string of the molecule is CC1=c2ccc3c(c2C(C)C=C1)C(=O)C=C1C(C2=NC=CNN=C2)=CCC(c2ccc(F)cc2)C=31. The summed E-state index contributed by atoms with van der Waals surface area (Å²) in [5.74, 6) is -0.117. The van der Waals surface area contributed by atoms with Crippen molar-refractivity contribution >= 4 is 28.9 Å². The molecule has 0 amide bonds. The van der Waals surface area contributed by atoms with Crippen molar-refractivity contribution in [2.24, 2.45) is 10.1 Å². The fourth-order valence-electron chi connectivity index (χ4n) is 5.59. The van der Waals surface area contributed by atoms with E-state index in [4.69, 9.17) is 0 Å². The summed E-state index contributed by atoms with van der Waals surface area (Å²) in [5.41, 5.74) is 10.4. The first kappa shape index (κ1) is 21.4. The number of allylic oxidation sites excluding steroid dienone is 6. The molecule has 172 valence electrons. The van der Waals surface area contributed by atoms with Crippen molar-refractivity contribution in [2.75, 3.05) is 0 Å². The predicted molar refractivity (Wildman–Crippen MR) is 138 cm³/mol. The maximum absolute atomic E-state index is 13.8. The molecule has 35 heavy (non-hydrogen) atoms. The lowest BCUT2D eigenvalue weighted by atomic mass is 9.71. The summed E-state index contributed by atoms with van der Waals surface area (Å²) in [6.07, 6.45) is 13.9. The Balaban J connectivity index is 1.67. The highest BCUT2D eigenvalue weighted by molar-refractivity contribution is 6.41. The van der Waals surface area contributed by atoms with E-state index in [1.807, 2.05) is 12.1 Å². The molecule has 0 bridgehead atoms. The number of ketones is 1. The first-order valence-corrected chi connectivity index (χ1v) is 11.8. The third-order valence-electron chi connectivity index (χ3n) is 7.23. The Labute approximate surface area is 203 Å². The number of benzene rings is 2. The third-order valence-corrected chi connectivity index (χ3v) is 7.23. The second kappa shape index (κ2) is 8.27. The minimum absolute atomic E-state index is 0.00741. The number of rotatable bonds is 2. The van der Waals surface area contributed by atoms with Gasteiger partial charge in [0.25, 0.3) is 0 Å². The normalized spacial score (nSPS) is 22.4. The lowest BCUT2D eigenvalue weighted by Crippen LogP contribution is -2.34. The molecular weight excluding hydrogens is 437 g/mol. The number of nitrogens with one attached hydrogen (secondary N) is 1. The molecule has 3 aliphatic carbocycles. The van der Waals surface area contributed by atoms with Crippen molar-refractivity contribution < 1.29 is 9.18 Å². The fraction of sp³-hybridized carbons (Fsp3) is 0.167. The molecule has 2 unspecified atom stereocenters. The Morgan fingerprint density at radius 3 is 2.69 bits per heavy atom. The highest BCUT2D eigenvalue weighted by Gasteiger charge is 2.34. The Bertz CT molecular complexity index is 1580. The van der Waals surface area contributed by atoms with E-state index in [0.717, 1.165) is 49.4 Å². The van der Waals surface area contributed by atoms with Crippen LogP contribution in [0.1, 0.15) is 53.6 Å². The molecule has 1 heterocycles. The van der Waals surface area contributed by atoms with Crippen molar-refractivity contribution in [1.82, 2.24) is 5.43 Å². The Morgan fingerprint density at radius 2 is 1.86 bits per heavy atom. The summed E-state index contributed by atoms with van der Waals surface area (Å²) in [6.45, 7) is 4.22. The number of nitrogens with zero attached hydrogens (tertiary/aromatic N) is 2. The van der Waals surface area contributed by atoms with Gasteiger partial charge in [0.15, 0.2) is 5.78 Å². The van der Waals surface area contributed by atoms with Crippen LogP contribution in [-0.2, 0) is 0 Å². The van der Waals surface area contributed by atoms with Gasteiger partial charge in [-0.3, -0.25) is 15.2 Å². The molecule has 1 N–H and O–H groups in total. The van der Waals surface area contributed by atoms with Crippen LogP contribution in [0.4, 0.5) is 4.39 Å². The maximum atomic E-state index is 13.8. The van der Waals surface area contributed by atoms with Crippen LogP contribution in [0.2, 0.25) is 0 Å². The number of fused-ring (bicyclic) bond motifs is 4. The molecule has 1 aliphatic heterocycles. The highest BCUT2D eigenvalue weighted by atomic mass is 19.1. The van der Waals surface area contributed by atoms with Crippen molar-refractivity contribution in [2.45, 2.75) is 32.1 Å². The summed E-state index contributed by atoms with van der Waals surface area (Å²) in [7, 11) is 0. The van der Waals surface area contributed by atoms with E-state index < -0.39 is 0 Å². The van der Waals surface area contributed by atoms with E-state index in [1.54, 1.807) is 24.7 Å². The quantitative estimate of drug-likeness (QED) is 0.713. The topological polar surface area (TPSA) is 53.8 Å². The molecule has 0 saturated carbocycles. The van der Waals surface area contributed by atoms with Gasteiger partial charge in [-0.25, -0.2) is 4.39 Å². The van der Waals surface area contributed by atoms with E-state index in [1.165, 1.54) is 12.1 Å². The van der Waals surface area contributed by atoms with Crippen LogP contribution in [0, 0.1) is 5.82 Å². The Hall–Kier alpha value is -4.12. The summed E-state index contributed by atoms with van der Waals surface area (Å²) < 4.78 is 13.8. The summed E-state index contributed by atoms with van der Waals surface area (Å²) in [4.78, 5) is 18.3. The standard InChI is InChI=1S/C30H24FN3O/c1-17-3-4-18(2)28-21(17)9-12-24-29-22(19-5-7-20(31)8-6-19)10-11-23(25(29)15-27(35)30(24)28)26-16-34-33-14-13-32-26/h3-9,11-16,18,22,33H,10H2,1-2H3. The fourth-order valence-corrected chi connectivity index (χ4v) is 5.59. The van der Waals surface area contributed by atoms with Gasteiger partial charge < -0.3 is 0 Å². The summed E-state index contributed by atoms with van der Waals surface area (Å²) in [5, 5.41) is 6.27. The second-order valence-electron chi connectivity index (χ2n) is 9.29. The highest BCUT2D eigenvalue weighted by Crippen LogP contribution is 2.43. The number of hydrogen-bond acceptors (Lipinski definition) is 4. The van der Waals surface area contributed by atoms with Gasteiger partial charge in [0.05, 0.1) is 11.9 Å². The molecule has 2 aromatic carbocycles. The van der Waals surface area contributed by atoms with Gasteiger partial charge in [0.1, 0.15) is 5.82 Å². The molecule has 0 fully saturated rings. The van der Waals surface area contributed by atoms with Gasteiger partial charge in [-0.2, -0.15) is 5.10 Å². The van der Waals surface area contributed by atoms with E-state index in [9.17, 15) is 9.18 Å². The molecular formula is C30H24FN3O. The van der Waals surface area contributed by atoms with E-state index in [2.05, 4.69) is 59.7 Å². The lowest BCUT2D eigenvalue weighted by Gasteiger charge is -2.32. The molecule has 2 aromatic rings. The van der Waals surface area contributed by atoms with Crippen molar-refractivity contribution in [3.8, 4) is 0 Å². The molecule has 5 heteroatoms. The van der Waals surface area contributed by atoms with E-state index >= 15 is 0 Å². The predicted octanol–water partition coefficient (Wildman–Crippen LogP) is 4.56. The molecule has 6 rings (SSSR count). The van der Waals surface area contributed by atoms with Gasteiger partial charge in [-0.1, -0.05) is 49.4 Å². The average molecular weight is 462 g/mol. The van der Waals surface area contributed by atoms with Gasteiger partial charge in [0, 0.05) is 35.4 Å². The van der Waals surface area contributed by atoms with Crippen LogP contribution in [-0.4, -0.2) is 17.7 Å². The first-order chi connectivity index (χ1) is 17.0. The molecule has 0 spiro atoms. The molecule has 2 atom stereocenters. The zero-order chi connectivity index (χ0) is 24.1.